The number of carbonyl (C=O) groups is 2. The molecule has 10 heteroatoms. The number of rotatable bonds is 5. The zero-order valence-corrected chi connectivity index (χ0v) is 19.0. The van der Waals surface area contributed by atoms with Gasteiger partial charge in [0.25, 0.3) is 5.91 Å². The maximum absolute atomic E-state index is 14.2. The van der Waals surface area contributed by atoms with Crippen LogP contribution < -0.4 is 16.4 Å². The largest absolute Gasteiger partial charge is 0.366 e. The molecule has 1 heterocycles. The van der Waals surface area contributed by atoms with Gasteiger partial charge in [0.1, 0.15) is 5.82 Å². The number of imidazole rings is 1. The van der Waals surface area contributed by atoms with Gasteiger partial charge in [0.15, 0.2) is 0 Å². The number of nitrogens with one attached hydrogen (secondary N) is 2. The van der Waals surface area contributed by atoms with Crippen molar-refractivity contribution in [2.75, 3.05) is 5.32 Å². The smallest absolute Gasteiger partial charge is 0.251 e. The molecular formula is C21H22Cl2FN5O2. The van der Waals surface area contributed by atoms with Crippen molar-refractivity contribution in [1.82, 2.24) is 14.9 Å². The van der Waals surface area contributed by atoms with E-state index in [1.165, 1.54) is 12.1 Å². The Bertz CT molecular complexity index is 1200. The highest BCUT2D eigenvalue weighted by Crippen LogP contribution is 2.36. The normalized spacial score (nSPS) is 11.6. The van der Waals surface area contributed by atoms with E-state index in [-0.39, 0.29) is 18.0 Å². The predicted octanol–water partition coefficient (Wildman–Crippen LogP) is 4.52. The molecule has 31 heavy (non-hydrogen) atoms. The zero-order chi connectivity index (χ0) is 23.1. The van der Waals surface area contributed by atoms with Crippen LogP contribution in [0.1, 0.15) is 36.7 Å². The fourth-order valence-electron chi connectivity index (χ4n) is 2.91. The first-order valence-corrected chi connectivity index (χ1v) is 10.1. The average molecular weight is 466 g/mol. The fraction of sp³-hybridized carbons (Fsp3) is 0.286. The Morgan fingerprint density at radius 1 is 1.23 bits per heavy atom. The Labute approximate surface area is 188 Å². The molecule has 4 N–H and O–H groups in total. The van der Waals surface area contributed by atoms with Crippen LogP contribution in [-0.2, 0) is 18.4 Å². The van der Waals surface area contributed by atoms with Gasteiger partial charge in [-0.2, -0.15) is 0 Å². The van der Waals surface area contributed by atoms with Crippen molar-refractivity contribution in [3.05, 3.63) is 51.3 Å². The lowest BCUT2D eigenvalue weighted by Gasteiger charge is -2.19. The Morgan fingerprint density at radius 3 is 2.52 bits per heavy atom. The van der Waals surface area contributed by atoms with Crippen LogP contribution in [0.4, 0.5) is 16.0 Å². The van der Waals surface area contributed by atoms with Gasteiger partial charge in [-0.1, -0.05) is 50.0 Å². The highest BCUT2D eigenvalue weighted by atomic mass is 35.5. The first-order valence-electron chi connectivity index (χ1n) is 9.38. The number of primary amides is 1. The van der Waals surface area contributed by atoms with Crippen molar-refractivity contribution >= 4 is 57.7 Å². The van der Waals surface area contributed by atoms with E-state index in [0.29, 0.717) is 38.3 Å². The summed E-state index contributed by atoms with van der Waals surface area (Å²) in [5.41, 5.74) is 6.31. The minimum atomic E-state index is -0.879. The number of nitrogens with two attached hydrogens (primary N) is 1. The molecule has 7 nitrogen and oxygen atoms in total. The number of benzene rings is 2. The Hall–Kier alpha value is -2.84. The van der Waals surface area contributed by atoms with Crippen LogP contribution in [0.5, 0.6) is 0 Å². The number of hydrogen-bond donors (Lipinski definition) is 3. The number of anilines is 2. The van der Waals surface area contributed by atoms with Gasteiger partial charge < -0.3 is 20.9 Å². The summed E-state index contributed by atoms with van der Waals surface area (Å²) < 4.78 is 15.8. The van der Waals surface area contributed by atoms with Crippen molar-refractivity contribution in [1.29, 1.82) is 0 Å². The molecule has 3 aromatic rings. The average Bonchev–Trinajstić information content (AvgIpc) is 2.97. The van der Waals surface area contributed by atoms with Gasteiger partial charge in [0.05, 0.1) is 32.3 Å². The molecule has 1 aromatic heterocycles. The number of amides is 2. The molecule has 0 saturated heterocycles. The van der Waals surface area contributed by atoms with E-state index in [1.54, 1.807) is 23.7 Å². The Kier molecular flexibility index (Phi) is 6.16. The monoisotopic (exact) mass is 465 g/mol. The molecular weight excluding hydrogens is 444 g/mol. The lowest BCUT2D eigenvalue weighted by Crippen LogP contribution is -2.34. The molecule has 2 aromatic carbocycles. The fourth-order valence-corrected chi connectivity index (χ4v) is 3.44. The number of halogens is 3. The Balaban J connectivity index is 1.95. The van der Waals surface area contributed by atoms with Crippen LogP contribution in [0, 0.1) is 11.2 Å². The van der Waals surface area contributed by atoms with Crippen molar-refractivity contribution in [3.8, 4) is 0 Å². The summed E-state index contributed by atoms with van der Waals surface area (Å²) in [7, 11) is 1.68. The van der Waals surface area contributed by atoms with Gasteiger partial charge in [-0.15, -0.1) is 0 Å². The second-order valence-corrected chi connectivity index (χ2v) is 8.92. The molecule has 0 radical (unpaired) electrons. The number of hydrogen-bond acceptors (Lipinski definition) is 4. The van der Waals surface area contributed by atoms with Gasteiger partial charge in [-0.3, -0.25) is 9.59 Å². The maximum Gasteiger partial charge on any atom is 0.251 e. The summed E-state index contributed by atoms with van der Waals surface area (Å²) in [6.07, 6.45) is 0. The second kappa shape index (κ2) is 8.36. The van der Waals surface area contributed by atoms with Gasteiger partial charge >= 0.3 is 0 Å². The number of fused-ring (bicyclic) bond motifs is 1. The third-order valence-corrected chi connectivity index (χ3v) is 5.51. The number of nitrogens with zero attached hydrogens (tertiary/aromatic N) is 2. The van der Waals surface area contributed by atoms with E-state index in [9.17, 15) is 14.0 Å². The lowest BCUT2D eigenvalue weighted by molar-refractivity contribution is -0.128. The van der Waals surface area contributed by atoms with E-state index in [0.717, 1.165) is 0 Å². The van der Waals surface area contributed by atoms with Crippen molar-refractivity contribution in [3.63, 3.8) is 0 Å². The highest BCUT2D eigenvalue weighted by molar-refractivity contribution is 6.39. The standard InChI is InChI=1S/C21H22Cl2FN5O2/c1-21(2,3)19(31)26-9-10-5-6-12(22)17(16(10)23)28-20-27-14-7-11(18(25)30)13(24)8-15(14)29(20)4/h5-8H,9H2,1-4H3,(H2,25,30)(H,26,31)(H,27,28). The molecule has 0 aliphatic heterocycles. The molecule has 0 atom stereocenters. The van der Waals surface area contributed by atoms with Crippen LogP contribution in [0.15, 0.2) is 24.3 Å². The molecule has 0 unspecified atom stereocenters. The second-order valence-electron chi connectivity index (χ2n) is 8.13. The van der Waals surface area contributed by atoms with Gasteiger partial charge in [0, 0.05) is 25.1 Å². The molecule has 3 rings (SSSR count). The predicted molar refractivity (Wildman–Crippen MR) is 120 cm³/mol. The summed E-state index contributed by atoms with van der Waals surface area (Å²) >= 11 is 12.9. The lowest BCUT2D eigenvalue weighted by atomic mass is 9.95. The Morgan fingerprint density at radius 2 is 1.90 bits per heavy atom. The van der Waals surface area contributed by atoms with Crippen molar-refractivity contribution in [2.24, 2.45) is 18.2 Å². The third-order valence-electron chi connectivity index (χ3n) is 4.76. The van der Waals surface area contributed by atoms with E-state index in [4.69, 9.17) is 28.9 Å². The van der Waals surface area contributed by atoms with Crippen LogP contribution in [0.3, 0.4) is 0 Å². The van der Waals surface area contributed by atoms with E-state index >= 15 is 0 Å². The van der Waals surface area contributed by atoms with E-state index < -0.39 is 17.1 Å². The van der Waals surface area contributed by atoms with Crippen molar-refractivity contribution < 1.29 is 14.0 Å². The van der Waals surface area contributed by atoms with Gasteiger partial charge in [0.2, 0.25) is 11.9 Å². The molecule has 0 fully saturated rings. The molecule has 0 aliphatic rings. The summed E-state index contributed by atoms with van der Waals surface area (Å²) in [4.78, 5) is 28.0. The van der Waals surface area contributed by atoms with Crippen LogP contribution in [0.25, 0.3) is 11.0 Å². The summed E-state index contributed by atoms with van der Waals surface area (Å²) in [5, 5.41) is 6.56. The third kappa shape index (κ3) is 4.60. The summed E-state index contributed by atoms with van der Waals surface area (Å²) in [6.45, 7) is 5.67. The number of carbonyl (C=O) groups excluding carboxylic acids is 2. The first kappa shape index (κ1) is 22.8. The molecule has 0 bridgehead atoms. The molecule has 0 saturated carbocycles. The molecule has 0 spiro atoms. The van der Waals surface area contributed by atoms with Crippen LogP contribution in [-0.4, -0.2) is 21.4 Å². The highest BCUT2D eigenvalue weighted by Gasteiger charge is 2.22. The number of aryl methyl sites for hydroxylation is 1. The SMILES string of the molecule is Cn1c(Nc2c(Cl)ccc(CNC(=O)C(C)(C)C)c2Cl)nc2cc(C(N)=O)c(F)cc21. The molecule has 2 amide bonds. The van der Waals surface area contributed by atoms with Crippen molar-refractivity contribution in [2.45, 2.75) is 27.3 Å². The zero-order valence-electron chi connectivity index (χ0n) is 17.4. The number of aromatic nitrogens is 2. The van der Waals surface area contributed by atoms with Crippen LogP contribution in [0.2, 0.25) is 10.0 Å². The van der Waals surface area contributed by atoms with Gasteiger partial charge in [-0.25, -0.2) is 9.37 Å². The summed E-state index contributed by atoms with van der Waals surface area (Å²) in [5.74, 6) is -1.40. The van der Waals surface area contributed by atoms with Crippen LogP contribution >= 0.6 is 23.2 Å². The van der Waals surface area contributed by atoms with E-state index in [2.05, 4.69) is 15.6 Å². The molecule has 164 valence electrons. The minimum absolute atomic E-state index is 0.115. The topological polar surface area (TPSA) is 102 Å². The molecule has 0 aliphatic carbocycles. The summed E-state index contributed by atoms with van der Waals surface area (Å²) in [6, 6.07) is 5.86. The quantitative estimate of drug-likeness (QED) is 0.515. The first-order chi connectivity index (χ1) is 14.4. The van der Waals surface area contributed by atoms with E-state index in [1.807, 2.05) is 20.8 Å². The minimum Gasteiger partial charge on any atom is -0.366 e. The maximum atomic E-state index is 14.2. The van der Waals surface area contributed by atoms with Gasteiger partial charge in [-0.05, 0) is 17.7 Å².